The van der Waals surface area contributed by atoms with Gasteiger partial charge in [-0.25, -0.2) is 9.59 Å². The van der Waals surface area contributed by atoms with E-state index in [1.165, 1.54) is 18.9 Å². The number of esters is 1. The van der Waals surface area contributed by atoms with Crippen molar-refractivity contribution in [2.45, 2.75) is 18.7 Å². The van der Waals surface area contributed by atoms with Crippen molar-refractivity contribution in [3.8, 4) is 5.75 Å². The zero-order valence-electron chi connectivity index (χ0n) is 15.7. The molecule has 150 valence electrons. The lowest BCUT2D eigenvalue weighted by molar-refractivity contribution is -0.144. The van der Waals surface area contributed by atoms with Gasteiger partial charge in [0.15, 0.2) is 0 Å². The van der Waals surface area contributed by atoms with E-state index in [0.29, 0.717) is 22.2 Å². The molecule has 0 bridgehead atoms. The van der Waals surface area contributed by atoms with Gasteiger partial charge in [0.25, 0.3) is 0 Å². The van der Waals surface area contributed by atoms with Crippen LogP contribution in [-0.2, 0) is 15.3 Å². The van der Waals surface area contributed by atoms with Crippen molar-refractivity contribution >= 4 is 41.1 Å². The molecule has 0 aliphatic carbocycles. The number of methoxy groups -OCH3 is 1. The first-order chi connectivity index (χ1) is 13.5. The van der Waals surface area contributed by atoms with Crippen molar-refractivity contribution in [3.63, 3.8) is 0 Å². The first-order valence-electron chi connectivity index (χ1n) is 8.72. The predicted octanol–water partition coefficient (Wildman–Crippen LogP) is 4.34. The zero-order chi connectivity index (χ0) is 20.4. The maximum atomic E-state index is 12.4. The standard InChI is InChI=1S/C20H23ClN2O4S/c1-3-27-19(24)17(13-28-12-14-7-5-4-6-8-14)23-20(25)22-16-11-15(21)9-10-18(16)26-2/h4-11,17H,3,12-13H2,1-2H3,(H2,22,23,25). The number of nitrogens with one attached hydrogen (secondary N) is 2. The van der Waals surface area contributed by atoms with Crippen LogP contribution in [0.4, 0.5) is 10.5 Å². The molecule has 8 heteroatoms. The number of benzene rings is 2. The van der Waals surface area contributed by atoms with Crippen LogP contribution in [0.5, 0.6) is 5.75 Å². The quantitative estimate of drug-likeness (QED) is 0.588. The summed E-state index contributed by atoms with van der Waals surface area (Å²) in [5.74, 6) is 1.10. The highest BCUT2D eigenvalue weighted by atomic mass is 35.5. The SMILES string of the molecule is CCOC(=O)C(CSCc1ccccc1)NC(=O)Nc1cc(Cl)ccc1OC. The van der Waals surface area contributed by atoms with E-state index in [9.17, 15) is 9.59 Å². The highest BCUT2D eigenvalue weighted by molar-refractivity contribution is 7.98. The van der Waals surface area contributed by atoms with Gasteiger partial charge in [-0.15, -0.1) is 0 Å². The second-order valence-corrected chi connectivity index (χ2v) is 7.22. The Morgan fingerprint density at radius 1 is 1.18 bits per heavy atom. The molecule has 0 saturated heterocycles. The molecule has 0 aliphatic heterocycles. The van der Waals surface area contributed by atoms with E-state index >= 15 is 0 Å². The van der Waals surface area contributed by atoms with Crippen molar-refractivity contribution in [2.24, 2.45) is 0 Å². The Morgan fingerprint density at radius 3 is 2.61 bits per heavy atom. The van der Waals surface area contributed by atoms with E-state index in [-0.39, 0.29) is 6.61 Å². The Hall–Kier alpha value is -2.38. The maximum absolute atomic E-state index is 12.4. The van der Waals surface area contributed by atoms with Gasteiger partial charge in [0.1, 0.15) is 11.8 Å². The third kappa shape index (κ3) is 6.98. The molecule has 6 nitrogen and oxygen atoms in total. The zero-order valence-corrected chi connectivity index (χ0v) is 17.3. The van der Waals surface area contributed by atoms with E-state index in [1.54, 1.807) is 25.1 Å². The van der Waals surface area contributed by atoms with Crippen LogP contribution in [-0.4, -0.2) is 37.5 Å². The van der Waals surface area contributed by atoms with Crippen LogP contribution in [0.25, 0.3) is 0 Å². The summed E-state index contributed by atoms with van der Waals surface area (Å²) in [6.07, 6.45) is 0. The number of rotatable bonds is 9. The minimum atomic E-state index is -0.779. The first-order valence-corrected chi connectivity index (χ1v) is 10.3. The van der Waals surface area contributed by atoms with Gasteiger partial charge in [0.05, 0.1) is 19.4 Å². The summed E-state index contributed by atoms with van der Waals surface area (Å²) in [4.78, 5) is 24.6. The highest BCUT2D eigenvalue weighted by Gasteiger charge is 2.22. The molecule has 2 aromatic carbocycles. The van der Waals surface area contributed by atoms with E-state index in [0.717, 1.165) is 11.3 Å². The van der Waals surface area contributed by atoms with E-state index in [4.69, 9.17) is 21.1 Å². The minimum absolute atomic E-state index is 0.240. The summed E-state index contributed by atoms with van der Waals surface area (Å²) in [5, 5.41) is 5.78. The number of urea groups is 1. The molecule has 0 spiro atoms. The van der Waals surface area contributed by atoms with Crippen LogP contribution in [0.1, 0.15) is 12.5 Å². The van der Waals surface area contributed by atoms with Crippen LogP contribution < -0.4 is 15.4 Å². The van der Waals surface area contributed by atoms with Gasteiger partial charge >= 0.3 is 12.0 Å². The molecule has 2 amide bonds. The van der Waals surface area contributed by atoms with Gasteiger partial charge in [-0.05, 0) is 30.7 Å². The number of halogens is 1. The number of hydrogen-bond donors (Lipinski definition) is 2. The Bertz CT molecular complexity index is 789. The molecule has 1 unspecified atom stereocenters. The van der Waals surface area contributed by atoms with Gasteiger partial charge in [-0.1, -0.05) is 41.9 Å². The first kappa shape index (κ1) is 21.9. The Morgan fingerprint density at radius 2 is 1.93 bits per heavy atom. The van der Waals surface area contributed by atoms with Crippen LogP contribution >= 0.6 is 23.4 Å². The lowest BCUT2D eigenvalue weighted by atomic mass is 10.2. The maximum Gasteiger partial charge on any atom is 0.329 e. The van der Waals surface area contributed by atoms with Crippen LogP contribution in [0.15, 0.2) is 48.5 Å². The molecule has 28 heavy (non-hydrogen) atoms. The largest absolute Gasteiger partial charge is 0.495 e. The molecule has 0 aliphatic rings. The fraction of sp³-hybridized carbons (Fsp3) is 0.300. The van der Waals surface area contributed by atoms with E-state index in [2.05, 4.69) is 10.6 Å². The molecule has 2 rings (SSSR count). The lowest BCUT2D eigenvalue weighted by Crippen LogP contribution is -2.45. The third-order valence-corrected chi connectivity index (χ3v) is 5.02. The van der Waals surface area contributed by atoms with Crippen molar-refractivity contribution in [1.82, 2.24) is 5.32 Å². The fourth-order valence-corrected chi connectivity index (χ4v) is 3.55. The fourth-order valence-electron chi connectivity index (χ4n) is 2.37. The van der Waals surface area contributed by atoms with Crippen LogP contribution in [0, 0.1) is 0 Å². The second-order valence-electron chi connectivity index (χ2n) is 5.75. The second kappa shape index (κ2) is 11.5. The highest BCUT2D eigenvalue weighted by Crippen LogP contribution is 2.27. The van der Waals surface area contributed by atoms with Gasteiger partial charge < -0.3 is 20.1 Å². The van der Waals surface area contributed by atoms with Gasteiger partial charge in [0, 0.05) is 16.5 Å². The van der Waals surface area contributed by atoms with Crippen molar-refractivity contribution < 1.29 is 19.1 Å². The molecule has 2 aromatic rings. The van der Waals surface area contributed by atoms with Gasteiger partial charge in [0.2, 0.25) is 0 Å². The van der Waals surface area contributed by atoms with Crippen molar-refractivity contribution in [2.75, 3.05) is 24.8 Å². The summed E-state index contributed by atoms with van der Waals surface area (Å²) >= 11 is 7.51. The third-order valence-electron chi connectivity index (χ3n) is 3.68. The van der Waals surface area contributed by atoms with Gasteiger partial charge in [-0.3, -0.25) is 0 Å². The summed E-state index contributed by atoms with van der Waals surface area (Å²) in [6, 6.07) is 13.5. The number of ether oxygens (including phenoxy) is 2. The molecule has 1 atom stereocenters. The van der Waals surface area contributed by atoms with E-state index < -0.39 is 18.0 Å². The predicted molar refractivity (Wildman–Crippen MR) is 113 cm³/mol. The average Bonchev–Trinajstić information content (AvgIpc) is 2.68. The van der Waals surface area contributed by atoms with Gasteiger partial charge in [-0.2, -0.15) is 11.8 Å². The minimum Gasteiger partial charge on any atom is -0.495 e. The molecule has 2 N–H and O–H groups in total. The summed E-state index contributed by atoms with van der Waals surface area (Å²) < 4.78 is 10.3. The van der Waals surface area contributed by atoms with Crippen LogP contribution in [0.3, 0.4) is 0 Å². The van der Waals surface area contributed by atoms with Crippen molar-refractivity contribution in [1.29, 1.82) is 0 Å². The molecule has 0 saturated carbocycles. The molecular formula is C20H23ClN2O4S. The Kier molecular flexibility index (Phi) is 8.97. The molecular weight excluding hydrogens is 400 g/mol. The lowest BCUT2D eigenvalue weighted by Gasteiger charge is -2.18. The molecule has 0 fully saturated rings. The number of hydrogen-bond acceptors (Lipinski definition) is 5. The number of thioether (sulfide) groups is 1. The van der Waals surface area contributed by atoms with E-state index in [1.807, 2.05) is 30.3 Å². The summed E-state index contributed by atoms with van der Waals surface area (Å²) in [6.45, 7) is 1.97. The Balaban J connectivity index is 1.98. The monoisotopic (exact) mass is 422 g/mol. The van der Waals surface area contributed by atoms with Crippen LogP contribution in [0.2, 0.25) is 5.02 Å². The normalized spacial score (nSPS) is 11.4. The average molecular weight is 423 g/mol. The molecule has 0 heterocycles. The molecule has 0 radical (unpaired) electrons. The Labute approximate surface area is 173 Å². The number of anilines is 1. The number of carbonyl (C=O) groups excluding carboxylic acids is 2. The molecule has 0 aromatic heterocycles. The number of carbonyl (C=O) groups is 2. The topological polar surface area (TPSA) is 76.7 Å². The van der Waals surface area contributed by atoms with Crippen molar-refractivity contribution in [3.05, 3.63) is 59.1 Å². The summed E-state index contributed by atoms with van der Waals surface area (Å²) in [7, 11) is 1.49. The smallest absolute Gasteiger partial charge is 0.329 e. The number of amides is 2. The summed E-state index contributed by atoms with van der Waals surface area (Å²) in [5.41, 5.74) is 1.55.